The Morgan fingerprint density at radius 2 is 2.00 bits per heavy atom. The molecule has 6 nitrogen and oxygen atoms in total. The van der Waals surface area contributed by atoms with Crippen molar-refractivity contribution in [2.75, 3.05) is 20.3 Å². The summed E-state index contributed by atoms with van der Waals surface area (Å²) in [4.78, 5) is 26.1. The van der Waals surface area contributed by atoms with Gasteiger partial charge in [-0.25, -0.2) is 0 Å². The minimum Gasteiger partial charge on any atom is -0.490 e. The highest BCUT2D eigenvalue weighted by Gasteiger charge is 2.32. The van der Waals surface area contributed by atoms with Crippen molar-refractivity contribution in [3.63, 3.8) is 0 Å². The summed E-state index contributed by atoms with van der Waals surface area (Å²) in [5, 5.41) is 0. The first-order chi connectivity index (χ1) is 15.8. The molecule has 2 aromatic carbocycles. The van der Waals surface area contributed by atoms with Crippen LogP contribution < -0.4 is 9.47 Å². The third-order valence-electron chi connectivity index (χ3n) is 4.90. The number of thiocarbonyl (C=S) groups is 1. The molecule has 0 unspecified atom stereocenters. The molecule has 0 saturated carbocycles. The quantitative estimate of drug-likeness (QED) is 0.232. The molecular weight excluding hydrogens is 526 g/mol. The Bertz CT molecular complexity index is 1100. The average molecular weight is 550 g/mol. The van der Waals surface area contributed by atoms with Crippen molar-refractivity contribution in [2.24, 2.45) is 0 Å². The van der Waals surface area contributed by atoms with E-state index in [4.69, 9.17) is 21.7 Å². The number of amides is 1. The zero-order valence-corrected chi connectivity index (χ0v) is 21.8. The number of benzene rings is 2. The Morgan fingerprint density at radius 3 is 2.70 bits per heavy atom. The highest BCUT2D eigenvalue weighted by atomic mass is 79.9. The van der Waals surface area contributed by atoms with E-state index in [1.54, 1.807) is 6.08 Å². The topological polar surface area (TPSA) is 65.1 Å². The Balaban J connectivity index is 1.82. The van der Waals surface area contributed by atoms with Crippen LogP contribution in [0.4, 0.5) is 0 Å². The predicted octanol–water partition coefficient (Wildman–Crippen LogP) is 5.50. The number of carbonyl (C=O) groups is 2. The SMILES string of the molecule is CCOc1cc(/C=C2\SC(=S)N(CCC(=O)OC)C2=O)cc(Br)c1OCc1ccccc1C. The summed E-state index contributed by atoms with van der Waals surface area (Å²) in [5.41, 5.74) is 3.01. The van der Waals surface area contributed by atoms with Gasteiger partial charge in [0.2, 0.25) is 0 Å². The van der Waals surface area contributed by atoms with Gasteiger partial charge in [-0.3, -0.25) is 14.5 Å². The molecule has 1 fully saturated rings. The molecule has 0 spiro atoms. The van der Waals surface area contributed by atoms with Crippen molar-refractivity contribution in [2.45, 2.75) is 26.9 Å². The van der Waals surface area contributed by atoms with Gasteiger partial charge in [0.1, 0.15) is 10.9 Å². The molecule has 0 N–H and O–H groups in total. The number of methoxy groups -OCH3 is 1. The summed E-state index contributed by atoms with van der Waals surface area (Å²) < 4.78 is 17.7. The normalized spacial score (nSPS) is 14.7. The van der Waals surface area contributed by atoms with Crippen LogP contribution in [-0.4, -0.2) is 41.4 Å². The van der Waals surface area contributed by atoms with E-state index in [0.29, 0.717) is 33.9 Å². The van der Waals surface area contributed by atoms with E-state index in [0.717, 1.165) is 21.2 Å². The average Bonchev–Trinajstić information content (AvgIpc) is 3.05. The number of esters is 1. The molecule has 3 rings (SSSR count). The van der Waals surface area contributed by atoms with Crippen molar-refractivity contribution >= 4 is 62.2 Å². The Hall–Kier alpha value is -2.36. The molecule has 9 heteroatoms. The molecular formula is C24H24BrNO5S2. The molecule has 174 valence electrons. The minimum atomic E-state index is -0.389. The van der Waals surface area contributed by atoms with Crippen molar-refractivity contribution < 1.29 is 23.8 Å². The highest BCUT2D eigenvalue weighted by Crippen LogP contribution is 2.40. The Morgan fingerprint density at radius 1 is 1.24 bits per heavy atom. The molecule has 1 aliphatic rings. The summed E-state index contributed by atoms with van der Waals surface area (Å²) >= 11 is 10.1. The lowest BCUT2D eigenvalue weighted by Gasteiger charge is -2.16. The molecule has 33 heavy (non-hydrogen) atoms. The monoisotopic (exact) mass is 549 g/mol. The van der Waals surface area contributed by atoms with Gasteiger partial charge in [-0.1, -0.05) is 48.2 Å². The third kappa shape index (κ3) is 6.37. The summed E-state index contributed by atoms with van der Waals surface area (Å²) in [6.07, 6.45) is 1.85. The number of halogens is 1. The lowest BCUT2D eigenvalue weighted by Crippen LogP contribution is -2.30. The Kier molecular flexibility index (Phi) is 8.94. The fourth-order valence-electron chi connectivity index (χ4n) is 3.15. The summed E-state index contributed by atoms with van der Waals surface area (Å²) in [6.45, 7) is 5.00. The minimum absolute atomic E-state index is 0.0865. The van der Waals surface area contributed by atoms with Crippen molar-refractivity contribution in [1.82, 2.24) is 4.90 Å². The van der Waals surface area contributed by atoms with Gasteiger partial charge in [0, 0.05) is 6.54 Å². The van der Waals surface area contributed by atoms with E-state index in [2.05, 4.69) is 20.7 Å². The number of hydrogen-bond acceptors (Lipinski definition) is 7. The predicted molar refractivity (Wildman–Crippen MR) is 137 cm³/mol. The smallest absolute Gasteiger partial charge is 0.307 e. The maximum atomic E-state index is 12.8. The Labute approximate surface area is 211 Å². The lowest BCUT2D eigenvalue weighted by atomic mass is 10.1. The molecule has 0 radical (unpaired) electrons. The van der Waals surface area contributed by atoms with Gasteiger partial charge >= 0.3 is 5.97 Å². The zero-order chi connectivity index (χ0) is 24.0. The molecule has 1 saturated heterocycles. The van der Waals surface area contributed by atoms with Crippen molar-refractivity contribution in [1.29, 1.82) is 0 Å². The van der Waals surface area contributed by atoms with Crippen LogP contribution in [0.15, 0.2) is 45.8 Å². The van der Waals surface area contributed by atoms with Crippen molar-refractivity contribution in [3.8, 4) is 11.5 Å². The molecule has 2 aromatic rings. The largest absolute Gasteiger partial charge is 0.490 e. The van der Waals surface area contributed by atoms with Crippen LogP contribution in [0.25, 0.3) is 6.08 Å². The molecule has 0 aromatic heterocycles. The van der Waals surface area contributed by atoms with Gasteiger partial charge in [-0.2, -0.15) is 0 Å². The second-order valence-corrected chi connectivity index (χ2v) is 9.67. The van der Waals surface area contributed by atoms with Crippen LogP contribution in [0.2, 0.25) is 0 Å². The summed E-state index contributed by atoms with van der Waals surface area (Å²) in [5.74, 6) is 0.554. The molecule has 0 atom stereocenters. The maximum absolute atomic E-state index is 12.8. The van der Waals surface area contributed by atoms with E-state index in [1.807, 2.05) is 50.2 Å². The van der Waals surface area contributed by atoms with E-state index < -0.39 is 0 Å². The molecule has 1 heterocycles. The zero-order valence-electron chi connectivity index (χ0n) is 18.6. The van der Waals surface area contributed by atoms with Crippen LogP contribution >= 0.6 is 39.9 Å². The van der Waals surface area contributed by atoms with E-state index >= 15 is 0 Å². The molecule has 1 aliphatic heterocycles. The number of nitrogens with zero attached hydrogens (tertiary/aromatic N) is 1. The first-order valence-electron chi connectivity index (χ1n) is 10.3. The van der Waals surface area contributed by atoms with Gasteiger partial charge in [0.05, 0.1) is 29.5 Å². The number of hydrogen-bond donors (Lipinski definition) is 0. The third-order valence-corrected chi connectivity index (χ3v) is 6.87. The van der Waals surface area contributed by atoms with Crippen molar-refractivity contribution in [3.05, 3.63) is 62.5 Å². The van der Waals surface area contributed by atoms with E-state index in [9.17, 15) is 9.59 Å². The second-order valence-electron chi connectivity index (χ2n) is 7.14. The summed E-state index contributed by atoms with van der Waals surface area (Å²) in [7, 11) is 1.31. The van der Waals surface area contributed by atoms with Gasteiger partial charge in [0.15, 0.2) is 11.5 Å². The fourth-order valence-corrected chi connectivity index (χ4v) is 5.03. The van der Waals surface area contributed by atoms with Gasteiger partial charge in [-0.05, 0) is 64.7 Å². The fraction of sp³-hybridized carbons (Fsp3) is 0.292. The van der Waals surface area contributed by atoms with E-state index in [1.165, 1.54) is 23.8 Å². The van der Waals surface area contributed by atoms with Crippen LogP contribution in [0.3, 0.4) is 0 Å². The van der Waals surface area contributed by atoms with Crippen LogP contribution in [0.5, 0.6) is 11.5 Å². The molecule has 1 amide bonds. The summed E-state index contributed by atoms with van der Waals surface area (Å²) in [6, 6.07) is 11.8. The standard InChI is InChI=1S/C24H24BrNO5S2/c1-4-30-19-12-16(11-18(25)22(19)31-14-17-8-6-5-7-15(17)2)13-20-23(28)26(24(32)33-20)10-9-21(27)29-3/h5-8,11-13H,4,9-10,14H2,1-3H3/b20-13-. The lowest BCUT2D eigenvalue weighted by molar-refractivity contribution is -0.140. The van der Waals surface area contributed by atoms with Gasteiger partial charge < -0.3 is 14.2 Å². The highest BCUT2D eigenvalue weighted by molar-refractivity contribution is 9.10. The van der Waals surface area contributed by atoms with Crippen LogP contribution in [0, 0.1) is 6.92 Å². The van der Waals surface area contributed by atoms with Crippen LogP contribution in [-0.2, 0) is 20.9 Å². The van der Waals surface area contributed by atoms with Gasteiger partial charge in [0.25, 0.3) is 5.91 Å². The van der Waals surface area contributed by atoms with Gasteiger partial charge in [-0.15, -0.1) is 0 Å². The molecule has 0 bridgehead atoms. The maximum Gasteiger partial charge on any atom is 0.307 e. The van der Waals surface area contributed by atoms with E-state index in [-0.39, 0.29) is 24.8 Å². The second kappa shape index (κ2) is 11.7. The first-order valence-corrected chi connectivity index (χ1v) is 12.3. The first kappa shape index (κ1) is 25.3. The number of ether oxygens (including phenoxy) is 3. The number of thioether (sulfide) groups is 1. The van der Waals surface area contributed by atoms with Crippen LogP contribution in [0.1, 0.15) is 30.0 Å². The number of rotatable bonds is 9. The number of aryl methyl sites for hydroxylation is 1. The number of carbonyl (C=O) groups excluding carboxylic acids is 2. The molecule has 0 aliphatic carbocycles.